The normalized spacial score (nSPS) is 42.2. The van der Waals surface area contributed by atoms with Gasteiger partial charge in [-0.2, -0.15) is 0 Å². The third kappa shape index (κ3) is 2.69. The van der Waals surface area contributed by atoms with Gasteiger partial charge in [-0.05, 0) is 5.92 Å². The van der Waals surface area contributed by atoms with Crippen molar-refractivity contribution in [2.75, 3.05) is 13.7 Å². The predicted molar refractivity (Wildman–Crippen MR) is 56.6 cm³/mol. The molecular weight excluding hydrogens is 196 g/mol. The zero-order chi connectivity index (χ0) is 11.6. The number of ether oxygens (including phenoxy) is 2. The Bertz CT molecular complexity index is 195. The maximum Gasteiger partial charge on any atom is 0.107 e. The van der Waals surface area contributed by atoms with Crippen molar-refractivity contribution in [3.05, 3.63) is 0 Å². The van der Waals surface area contributed by atoms with Crippen LogP contribution < -0.4 is 0 Å². The highest BCUT2D eigenvalue weighted by Crippen LogP contribution is 2.29. The highest BCUT2D eigenvalue weighted by molar-refractivity contribution is 4.90. The van der Waals surface area contributed by atoms with Gasteiger partial charge in [-0.25, -0.2) is 0 Å². The molecule has 1 aliphatic heterocycles. The van der Waals surface area contributed by atoms with Crippen molar-refractivity contribution < 1.29 is 19.7 Å². The number of aliphatic hydroxyl groups is 2. The minimum Gasteiger partial charge on any atom is -0.390 e. The summed E-state index contributed by atoms with van der Waals surface area (Å²) in [4.78, 5) is 0. The molecule has 5 atom stereocenters. The van der Waals surface area contributed by atoms with Crippen LogP contribution >= 0.6 is 0 Å². The van der Waals surface area contributed by atoms with Crippen LogP contribution in [0.15, 0.2) is 0 Å². The van der Waals surface area contributed by atoms with Crippen LogP contribution in [0.5, 0.6) is 0 Å². The lowest BCUT2D eigenvalue weighted by molar-refractivity contribution is -0.218. The van der Waals surface area contributed by atoms with E-state index < -0.39 is 12.2 Å². The first-order valence-electron chi connectivity index (χ1n) is 5.49. The van der Waals surface area contributed by atoms with Gasteiger partial charge < -0.3 is 19.7 Å². The van der Waals surface area contributed by atoms with E-state index >= 15 is 0 Å². The third-order valence-electron chi connectivity index (χ3n) is 3.11. The van der Waals surface area contributed by atoms with Crippen molar-refractivity contribution in [1.82, 2.24) is 0 Å². The summed E-state index contributed by atoms with van der Waals surface area (Å²) in [6.45, 7) is 6.21. The van der Waals surface area contributed by atoms with Gasteiger partial charge in [0.05, 0.1) is 24.9 Å². The topological polar surface area (TPSA) is 58.9 Å². The molecular formula is C11H22O4. The van der Waals surface area contributed by atoms with E-state index in [0.29, 0.717) is 6.61 Å². The third-order valence-corrected chi connectivity index (χ3v) is 3.11. The number of hydrogen-bond acceptors (Lipinski definition) is 4. The molecule has 0 bridgehead atoms. The van der Waals surface area contributed by atoms with E-state index in [1.807, 2.05) is 20.8 Å². The van der Waals surface area contributed by atoms with Crippen LogP contribution in [-0.2, 0) is 9.47 Å². The number of rotatable bonds is 3. The molecule has 1 fully saturated rings. The Balaban J connectivity index is 2.71. The van der Waals surface area contributed by atoms with E-state index in [2.05, 4.69) is 0 Å². The average Bonchev–Trinajstić information content (AvgIpc) is 2.18. The number of hydrogen-bond donors (Lipinski definition) is 2. The van der Waals surface area contributed by atoms with E-state index in [9.17, 15) is 10.2 Å². The predicted octanol–water partition coefficient (Wildman–Crippen LogP) is 0.414. The van der Waals surface area contributed by atoms with Gasteiger partial charge in [0.2, 0.25) is 0 Å². The van der Waals surface area contributed by atoms with Crippen molar-refractivity contribution in [3.8, 4) is 0 Å². The molecule has 0 amide bonds. The molecule has 0 saturated carbocycles. The fourth-order valence-corrected chi connectivity index (χ4v) is 2.06. The lowest BCUT2D eigenvalue weighted by Gasteiger charge is -2.43. The number of methoxy groups -OCH3 is 1. The Labute approximate surface area is 91.2 Å². The molecule has 0 aromatic carbocycles. The SMILES string of the molecule is COC[C@H]1O[C@H](C(C)C)[C@H](O)[C@@H](C)[C@@H]1O. The fraction of sp³-hybridized carbons (Fsp3) is 1.00. The molecule has 0 aromatic rings. The first-order chi connectivity index (χ1) is 6.99. The van der Waals surface area contributed by atoms with Gasteiger partial charge in [-0.1, -0.05) is 20.8 Å². The highest BCUT2D eigenvalue weighted by atomic mass is 16.6. The van der Waals surface area contributed by atoms with Crippen LogP contribution in [0.4, 0.5) is 0 Å². The first-order valence-corrected chi connectivity index (χ1v) is 5.49. The zero-order valence-electron chi connectivity index (χ0n) is 9.88. The Hall–Kier alpha value is -0.160. The summed E-state index contributed by atoms with van der Waals surface area (Å²) in [5, 5.41) is 19.8. The van der Waals surface area contributed by atoms with Crippen molar-refractivity contribution in [2.45, 2.75) is 45.2 Å². The lowest BCUT2D eigenvalue weighted by atomic mass is 9.84. The van der Waals surface area contributed by atoms with E-state index in [1.54, 1.807) is 7.11 Å². The molecule has 4 nitrogen and oxygen atoms in total. The van der Waals surface area contributed by atoms with Crippen molar-refractivity contribution in [1.29, 1.82) is 0 Å². The molecule has 4 heteroatoms. The molecule has 15 heavy (non-hydrogen) atoms. The Morgan fingerprint density at radius 1 is 1.27 bits per heavy atom. The molecule has 0 radical (unpaired) electrons. The summed E-state index contributed by atoms with van der Waals surface area (Å²) in [6, 6.07) is 0. The summed E-state index contributed by atoms with van der Waals surface area (Å²) in [5.74, 6) is 0.0561. The maximum absolute atomic E-state index is 9.94. The number of aliphatic hydroxyl groups excluding tert-OH is 2. The van der Waals surface area contributed by atoms with E-state index in [-0.39, 0.29) is 24.0 Å². The monoisotopic (exact) mass is 218 g/mol. The van der Waals surface area contributed by atoms with Crippen LogP contribution in [0.25, 0.3) is 0 Å². The minimum absolute atomic E-state index is 0.175. The van der Waals surface area contributed by atoms with Crippen LogP contribution in [0.3, 0.4) is 0 Å². The van der Waals surface area contributed by atoms with E-state index in [4.69, 9.17) is 9.47 Å². The molecule has 1 aliphatic rings. The van der Waals surface area contributed by atoms with Gasteiger partial charge in [-0.15, -0.1) is 0 Å². The molecule has 90 valence electrons. The second-order valence-electron chi connectivity index (χ2n) is 4.68. The van der Waals surface area contributed by atoms with E-state index in [0.717, 1.165) is 0 Å². The summed E-state index contributed by atoms with van der Waals surface area (Å²) in [6.07, 6.45) is -1.81. The highest BCUT2D eigenvalue weighted by Gasteiger charge is 2.42. The summed E-state index contributed by atoms with van der Waals surface area (Å²) < 4.78 is 10.7. The molecule has 1 heterocycles. The first kappa shape index (κ1) is 12.9. The molecule has 0 aromatic heterocycles. The Morgan fingerprint density at radius 2 is 1.87 bits per heavy atom. The van der Waals surface area contributed by atoms with Gasteiger partial charge in [0.25, 0.3) is 0 Å². The minimum atomic E-state index is -0.657. The molecule has 0 unspecified atom stereocenters. The van der Waals surface area contributed by atoms with Gasteiger partial charge in [-0.3, -0.25) is 0 Å². The summed E-state index contributed by atoms with van der Waals surface area (Å²) >= 11 is 0. The van der Waals surface area contributed by atoms with E-state index in [1.165, 1.54) is 0 Å². The quantitative estimate of drug-likeness (QED) is 0.720. The fourth-order valence-electron chi connectivity index (χ4n) is 2.06. The maximum atomic E-state index is 9.94. The zero-order valence-corrected chi connectivity index (χ0v) is 9.88. The molecule has 1 rings (SSSR count). The van der Waals surface area contributed by atoms with Crippen LogP contribution in [0, 0.1) is 11.8 Å². The largest absolute Gasteiger partial charge is 0.390 e. The van der Waals surface area contributed by atoms with Crippen LogP contribution in [-0.4, -0.2) is 48.3 Å². The Morgan fingerprint density at radius 3 is 2.33 bits per heavy atom. The summed E-state index contributed by atoms with van der Waals surface area (Å²) in [5.41, 5.74) is 0. The van der Waals surface area contributed by atoms with Crippen molar-refractivity contribution >= 4 is 0 Å². The van der Waals surface area contributed by atoms with Crippen molar-refractivity contribution in [3.63, 3.8) is 0 Å². The second kappa shape index (κ2) is 5.25. The lowest BCUT2D eigenvalue weighted by Crippen LogP contribution is -2.56. The second-order valence-corrected chi connectivity index (χ2v) is 4.68. The van der Waals surface area contributed by atoms with Crippen molar-refractivity contribution in [2.24, 2.45) is 11.8 Å². The average molecular weight is 218 g/mol. The van der Waals surface area contributed by atoms with Gasteiger partial charge in [0, 0.05) is 13.0 Å². The Kier molecular flexibility index (Phi) is 4.52. The molecule has 0 aliphatic carbocycles. The van der Waals surface area contributed by atoms with Gasteiger partial charge >= 0.3 is 0 Å². The van der Waals surface area contributed by atoms with Gasteiger partial charge in [0.1, 0.15) is 6.10 Å². The molecule has 0 spiro atoms. The summed E-state index contributed by atoms with van der Waals surface area (Å²) in [7, 11) is 1.58. The standard InChI is InChI=1S/C11H22O4/c1-6(2)11-10(13)7(3)9(12)8(15-11)5-14-4/h6-13H,5H2,1-4H3/t7-,8+,9-,10+,11+/m0/s1. The van der Waals surface area contributed by atoms with Crippen LogP contribution in [0.1, 0.15) is 20.8 Å². The van der Waals surface area contributed by atoms with Gasteiger partial charge in [0.15, 0.2) is 0 Å². The molecule has 1 saturated heterocycles. The smallest absolute Gasteiger partial charge is 0.107 e. The molecule has 2 N–H and O–H groups in total. The van der Waals surface area contributed by atoms with Crippen LogP contribution in [0.2, 0.25) is 0 Å².